The number of aryl methyl sites for hydroxylation is 4. The fourth-order valence-electron chi connectivity index (χ4n) is 4.89. The van der Waals surface area contributed by atoms with Crippen LogP contribution in [0.4, 0.5) is 5.69 Å². The van der Waals surface area contributed by atoms with E-state index in [1.165, 1.54) is 5.56 Å². The van der Waals surface area contributed by atoms with Crippen LogP contribution in [-0.2, 0) is 14.3 Å². The number of carboxylic acid groups (broad SMARTS) is 1. The molecule has 5 nitrogen and oxygen atoms in total. The topological polar surface area (TPSA) is 75.6 Å². The zero-order chi connectivity index (χ0) is 29.4. The first kappa shape index (κ1) is 30.1. The summed E-state index contributed by atoms with van der Waals surface area (Å²) in [5.41, 5.74) is 10.3. The highest BCUT2D eigenvalue weighted by atomic mass is 16.5. The van der Waals surface area contributed by atoms with Crippen molar-refractivity contribution in [3.05, 3.63) is 75.3 Å². The van der Waals surface area contributed by atoms with Crippen molar-refractivity contribution in [2.75, 3.05) is 5.32 Å². The van der Waals surface area contributed by atoms with Crippen molar-refractivity contribution in [1.82, 2.24) is 0 Å². The van der Waals surface area contributed by atoms with E-state index in [0.29, 0.717) is 16.8 Å². The second-order valence-electron chi connectivity index (χ2n) is 12.0. The minimum absolute atomic E-state index is 0.129. The molecule has 1 atom stereocenters. The van der Waals surface area contributed by atoms with Crippen molar-refractivity contribution in [3.63, 3.8) is 0 Å². The maximum atomic E-state index is 13.1. The monoisotopic (exact) mass is 529 g/mol. The maximum absolute atomic E-state index is 13.1. The van der Waals surface area contributed by atoms with Gasteiger partial charge in [-0.3, -0.25) is 4.79 Å². The maximum Gasteiger partial charge on any atom is 0.337 e. The Kier molecular flexibility index (Phi) is 8.76. The molecule has 0 saturated carbocycles. The number of amides is 1. The number of rotatable bonds is 7. The number of benzene rings is 3. The van der Waals surface area contributed by atoms with Crippen LogP contribution in [0, 0.1) is 47.5 Å². The molecule has 0 radical (unpaired) electrons. The molecule has 0 spiro atoms. The van der Waals surface area contributed by atoms with E-state index in [0.717, 1.165) is 44.5 Å². The third-order valence-corrected chi connectivity index (χ3v) is 7.37. The predicted molar refractivity (Wildman–Crippen MR) is 160 cm³/mol. The molecule has 1 amide bonds. The van der Waals surface area contributed by atoms with Crippen molar-refractivity contribution in [1.29, 1.82) is 0 Å². The van der Waals surface area contributed by atoms with Crippen molar-refractivity contribution in [2.24, 2.45) is 5.92 Å². The van der Waals surface area contributed by atoms with Crippen molar-refractivity contribution in [2.45, 2.75) is 87.9 Å². The molecule has 0 fully saturated rings. The highest BCUT2D eigenvalue weighted by molar-refractivity contribution is 6.02. The van der Waals surface area contributed by atoms with E-state index >= 15 is 0 Å². The Balaban J connectivity index is 2.57. The van der Waals surface area contributed by atoms with Crippen LogP contribution in [0.5, 0.6) is 0 Å². The summed E-state index contributed by atoms with van der Waals surface area (Å²) in [4.78, 5) is 25.9. The molecule has 2 N–H and O–H groups in total. The van der Waals surface area contributed by atoms with E-state index < -0.39 is 17.7 Å². The standard InChI is InChI=1S/C34H43NO4/c1-18(2)32(36)35-30-24(8)29(31(33(37)38)39-34(9,10)11)27(25-14-12-19(3)21(5)16-25)23(7)28(30)26-15-13-20(4)22(6)17-26/h12-18,31H,1-11H3,(H,35,36)(H,37,38). The average molecular weight is 530 g/mol. The number of anilines is 1. The van der Waals surface area contributed by atoms with Gasteiger partial charge in [0.25, 0.3) is 0 Å². The Morgan fingerprint density at radius 2 is 1.26 bits per heavy atom. The van der Waals surface area contributed by atoms with Crippen LogP contribution in [0.2, 0.25) is 0 Å². The number of hydrogen-bond acceptors (Lipinski definition) is 3. The lowest BCUT2D eigenvalue weighted by atomic mass is 9.81. The van der Waals surface area contributed by atoms with Crippen LogP contribution in [-0.4, -0.2) is 22.6 Å². The van der Waals surface area contributed by atoms with Crippen LogP contribution in [0.1, 0.15) is 79.7 Å². The van der Waals surface area contributed by atoms with Crippen LogP contribution in [0.3, 0.4) is 0 Å². The highest BCUT2D eigenvalue weighted by Gasteiger charge is 2.34. The first-order chi connectivity index (χ1) is 18.0. The largest absolute Gasteiger partial charge is 0.479 e. The molecular formula is C34H43NO4. The predicted octanol–water partition coefficient (Wildman–Crippen LogP) is 8.41. The molecule has 0 aliphatic carbocycles. The van der Waals surface area contributed by atoms with Crippen LogP contribution < -0.4 is 5.32 Å². The van der Waals surface area contributed by atoms with E-state index in [4.69, 9.17) is 4.74 Å². The lowest BCUT2D eigenvalue weighted by Crippen LogP contribution is -2.29. The van der Waals surface area contributed by atoms with Gasteiger partial charge in [0.1, 0.15) is 0 Å². The summed E-state index contributed by atoms with van der Waals surface area (Å²) >= 11 is 0. The average Bonchev–Trinajstić information content (AvgIpc) is 2.82. The molecule has 208 valence electrons. The lowest BCUT2D eigenvalue weighted by Gasteiger charge is -2.31. The second-order valence-corrected chi connectivity index (χ2v) is 12.0. The third-order valence-electron chi connectivity index (χ3n) is 7.37. The number of aliphatic carboxylic acids is 1. The van der Waals surface area contributed by atoms with E-state index in [1.807, 2.05) is 54.5 Å². The first-order valence-electron chi connectivity index (χ1n) is 13.6. The van der Waals surface area contributed by atoms with Crippen molar-refractivity contribution >= 4 is 17.6 Å². The number of ether oxygens (including phenoxy) is 1. The zero-order valence-electron chi connectivity index (χ0n) is 25.3. The third kappa shape index (κ3) is 6.42. The highest BCUT2D eigenvalue weighted by Crippen LogP contribution is 2.47. The Morgan fingerprint density at radius 3 is 1.67 bits per heavy atom. The fraction of sp³-hybridized carbons (Fsp3) is 0.412. The van der Waals surface area contributed by atoms with Crippen LogP contribution in [0.25, 0.3) is 22.3 Å². The number of carbonyl (C=O) groups excluding carboxylic acids is 1. The molecule has 3 rings (SSSR count). The van der Waals surface area contributed by atoms with Gasteiger partial charge in [-0.2, -0.15) is 0 Å². The molecule has 39 heavy (non-hydrogen) atoms. The van der Waals surface area contributed by atoms with Gasteiger partial charge in [0.05, 0.1) is 11.3 Å². The Bertz CT molecular complexity index is 1430. The van der Waals surface area contributed by atoms with Gasteiger partial charge in [0.15, 0.2) is 6.10 Å². The summed E-state index contributed by atoms with van der Waals surface area (Å²) in [6, 6.07) is 12.5. The Hall–Kier alpha value is -3.44. The molecule has 0 saturated heterocycles. The molecule has 5 heteroatoms. The zero-order valence-corrected chi connectivity index (χ0v) is 25.3. The SMILES string of the molecule is Cc1ccc(-c2c(C)c(-c3ccc(C)c(C)c3)c(C(OC(C)(C)C)C(=O)O)c(C)c2NC(=O)C(C)C)cc1C. The second kappa shape index (κ2) is 11.4. The lowest BCUT2D eigenvalue weighted by molar-refractivity contribution is -0.160. The summed E-state index contributed by atoms with van der Waals surface area (Å²) < 4.78 is 6.21. The molecule has 0 bridgehead atoms. The summed E-state index contributed by atoms with van der Waals surface area (Å²) in [6.45, 7) is 21.4. The van der Waals surface area contributed by atoms with Gasteiger partial charge in [0.2, 0.25) is 5.91 Å². The van der Waals surface area contributed by atoms with Crippen LogP contribution in [0.15, 0.2) is 36.4 Å². The van der Waals surface area contributed by atoms with Crippen molar-refractivity contribution in [3.8, 4) is 22.3 Å². The van der Waals surface area contributed by atoms with Gasteiger partial charge < -0.3 is 15.2 Å². The number of hydrogen-bond donors (Lipinski definition) is 2. The molecule has 0 aliphatic rings. The smallest absolute Gasteiger partial charge is 0.337 e. The number of carboxylic acids is 1. The van der Waals surface area contributed by atoms with Crippen molar-refractivity contribution < 1.29 is 19.4 Å². The quantitative estimate of drug-likeness (QED) is 0.322. The van der Waals surface area contributed by atoms with Gasteiger partial charge in [-0.25, -0.2) is 4.79 Å². The van der Waals surface area contributed by atoms with Gasteiger partial charge in [-0.15, -0.1) is 0 Å². The van der Waals surface area contributed by atoms with Gasteiger partial charge in [0, 0.05) is 17.0 Å². The molecular weight excluding hydrogens is 486 g/mol. The summed E-state index contributed by atoms with van der Waals surface area (Å²) in [5, 5.41) is 13.6. The molecule has 0 aromatic heterocycles. The molecule has 3 aromatic rings. The van der Waals surface area contributed by atoms with E-state index in [-0.39, 0.29) is 11.8 Å². The van der Waals surface area contributed by atoms with Gasteiger partial charge in [-0.05, 0) is 112 Å². The molecule has 0 heterocycles. The first-order valence-corrected chi connectivity index (χ1v) is 13.6. The van der Waals surface area contributed by atoms with E-state index in [9.17, 15) is 14.7 Å². The molecule has 3 aromatic carbocycles. The van der Waals surface area contributed by atoms with Gasteiger partial charge in [-0.1, -0.05) is 50.2 Å². The summed E-state index contributed by atoms with van der Waals surface area (Å²) in [6.07, 6.45) is -1.23. The number of carbonyl (C=O) groups is 2. The minimum Gasteiger partial charge on any atom is -0.479 e. The Labute approximate surface area is 233 Å². The van der Waals surface area contributed by atoms with E-state index in [2.05, 4.69) is 63.3 Å². The fourth-order valence-corrected chi connectivity index (χ4v) is 4.89. The van der Waals surface area contributed by atoms with Crippen LogP contribution >= 0.6 is 0 Å². The summed E-state index contributed by atoms with van der Waals surface area (Å²) in [7, 11) is 0. The Morgan fingerprint density at radius 1 is 0.769 bits per heavy atom. The summed E-state index contributed by atoms with van der Waals surface area (Å²) in [5.74, 6) is -1.45. The van der Waals surface area contributed by atoms with Gasteiger partial charge >= 0.3 is 5.97 Å². The normalized spacial score (nSPS) is 12.5. The molecule has 0 aliphatic heterocycles. The number of nitrogens with one attached hydrogen (secondary N) is 1. The molecule has 1 unspecified atom stereocenters. The van der Waals surface area contributed by atoms with E-state index in [1.54, 1.807) is 0 Å². The minimum atomic E-state index is -1.23.